The van der Waals surface area contributed by atoms with Crippen LogP contribution < -0.4 is 10.5 Å². The summed E-state index contributed by atoms with van der Waals surface area (Å²) >= 11 is 15.5. The molecule has 8 heteroatoms. The Kier molecular flexibility index (Phi) is 3.69. The van der Waals surface area contributed by atoms with E-state index in [0.29, 0.717) is 42.7 Å². The van der Waals surface area contributed by atoms with Gasteiger partial charge in [-0.1, -0.05) is 23.2 Å². The molecule has 2 N–H and O–H groups in total. The molecule has 0 amide bonds. The van der Waals surface area contributed by atoms with Gasteiger partial charge in [0.25, 0.3) is 0 Å². The predicted octanol–water partition coefficient (Wildman–Crippen LogP) is 4.08. The van der Waals surface area contributed by atoms with Crippen LogP contribution in [-0.2, 0) is 0 Å². The van der Waals surface area contributed by atoms with Crippen molar-refractivity contribution in [1.29, 1.82) is 0 Å². The molecule has 3 aromatic rings. The molecule has 5 nitrogen and oxygen atoms in total. The first-order chi connectivity index (χ1) is 10.0. The number of fused-ring (bicyclic) bond motifs is 1. The Hall–Kier alpha value is -1.50. The van der Waals surface area contributed by atoms with E-state index in [-0.39, 0.29) is 0 Å². The van der Waals surface area contributed by atoms with Gasteiger partial charge in [0, 0.05) is 0 Å². The van der Waals surface area contributed by atoms with E-state index in [1.807, 2.05) is 6.07 Å². The van der Waals surface area contributed by atoms with Crippen LogP contribution >= 0.6 is 39.1 Å². The number of anilines is 1. The van der Waals surface area contributed by atoms with Crippen molar-refractivity contribution in [3.8, 4) is 11.4 Å². The van der Waals surface area contributed by atoms with E-state index in [4.69, 9.17) is 33.7 Å². The molecule has 0 aliphatic rings. The van der Waals surface area contributed by atoms with Crippen molar-refractivity contribution < 1.29 is 4.74 Å². The molecular formula is C13H9BrCl2N4O. The summed E-state index contributed by atoms with van der Waals surface area (Å²) in [6.07, 6.45) is 0. The van der Waals surface area contributed by atoms with Crippen LogP contribution in [0.1, 0.15) is 0 Å². The summed E-state index contributed by atoms with van der Waals surface area (Å²) in [5.74, 6) is 0.589. The molecule has 108 valence electrons. The number of rotatable bonds is 2. The van der Waals surface area contributed by atoms with Crippen molar-refractivity contribution in [3.63, 3.8) is 0 Å². The number of benzene rings is 2. The number of nitrogens with zero attached hydrogens (tertiary/aromatic N) is 3. The Labute approximate surface area is 138 Å². The van der Waals surface area contributed by atoms with Gasteiger partial charge in [0.2, 0.25) is 0 Å². The number of nitrogens with two attached hydrogens (primary N) is 1. The summed E-state index contributed by atoms with van der Waals surface area (Å²) < 4.78 is 5.74. The molecule has 0 aliphatic carbocycles. The Bertz CT molecular complexity index is 850. The van der Waals surface area contributed by atoms with Crippen molar-refractivity contribution in [2.75, 3.05) is 12.8 Å². The number of ether oxygens (including phenoxy) is 1. The van der Waals surface area contributed by atoms with Crippen LogP contribution in [0.4, 0.5) is 5.69 Å². The maximum atomic E-state index is 6.12. The first kappa shape index (κ1) is 14.4. The van der Waals surface area contributed by atoms with Crippen molar-refractivity contribution in [2.45, 2.75) is 0 Å². The van der Waals surface area contributed by atoms with Crippen LogP contribution in [-0.4, -0.2) is 22.1 Å². The summed E-state index contributed by atoms with van der Waals surface area (Å²) in [5.41, 5.74) is 8.27. The van der Waals surface area contributed by atoms with Crippen molar-refractivity contribution in [3.05, 3.63) is 38.8 Å². The Morgan fingerprint density at radius 2 is 1.95 bits per heavy atom. The third kappa shape index (κ3) is 2.43. The molecule has 1 aromatic heterocycles. The van der Waals surface area contributed by atoms with Gasteiger partial charge in [-0.2, -0.15) is 4.80 Å². The molecule has 0 bridgehead atoms. The summed E-state index contributed by atoms with van der Waals surface area (Å²) in [6, 6.07) is 6.95. The van der Waals surface area contributed by atoms with Crippen molar-refractivity contribution >= 4 is 55.9 Å². The van der Waals surface area contributed by atoms with E-state index >= 15 is 0 Å². The van der Waals surface area contributed by atoms with Gasteiger partial charge in [-0.15, -0.1) is 10.2 Å². The highest BCUT2D eigenvalue weighted by atomic mass is 79.9. The molecular weight excluding hydrogens is 379 g/mol. The largest absolute Gasteiger partial charge is 0.495 e. The van der Waals surface area contributed by atoms with Gasteiger partial charge in [0.15, 0.2) is 0 Å². The van der Waals surface area contributed by atoms with Gasteiger partial charge in [-0.05, 0) is 40.2 Å². The number of aromatic nitrogens is 3. The van der Waals surface area contributed by atoms with Gasteiger partial charge in [-0.3, -0.25) is 0 Å². The van der Waals surface area contributed by atoms with Crippen LogP contribution in [0.2, 0.25) is 10.0 Å². The minimum Gasteiger partial charge on any atom is -0.495 e. The fraction of sp³-hybridized carbons (Fsp3) is 0.0769. The predicted molar refractivity (Wildman–Crippen MR) is 87.5 cm³/mol. The zero-order chi connectivity index (χ0) is 15.1. The van der Waals surface area contributed by atoms with Gasteiger partial charge >= 0.3 is 0 Å². The highest BCUT2D eigenvalue weighted by molar-refractivity contribution is 9.10. The molecule has 0 saturated heterocycles. The molecule has 0 radical (unpaired) electrons. The molecule has 21 heavy (non-hydrogen) atoms. The lowest BCUT2D eigenvalue weighted by atomic mass is 10.3. The van der Waals surface area contributed by atoms with Gasteiger partial charge < -0.3 is 10.5 Å². The molecule has 0 atom stereocenters. The molecule has 0 unspecified atom stereocenters. The fourth-order valence-electron chi connectivity index (χ4n) is 1.90. The number of nitrogen functional groups attached to an aromatic ring is 1. The minimum absolute atomic E-state index is 0.425. The molecule has 0 saturated carbocycles. The quantitative estimate of drug-likeness (QED) is 0.672. The number of hydrogen-bond acceptors (Lipinski definition) is 4. The van der Waals surface area contributed by atoms with Crippen LogP contribution in [0.15, 0.2) is 28.7 Å². The summed E-state index contributed by atoms with van der Waals surface area (Å²) in [4.78, 5) is 1.47. The van der Waals surface area contributed by atoms with Gasteiger partial charge in [0.1, 0.15) is 16.8 Å². The normalized spacial score (nSPS) is 11.0. The number of methoxy groups -OCH3 is 1. The van der Waals surface area contributed by atoms with Gasteiger partial charge in [-0.25, -0.2) is 0 Å². The van der Waals surface area contributed by atoms with Crippen LogP contribution in [0.3, 0.4) is 0 Å². The highest BCUT2D eigenvalue weighted by Crippen LogP contribution is 2.34. The van der Waals surface area contributed by atoms with E-state index < -0.39 is 0 Å². The molecule has 3 rings (SSSR count). The second-order valence-corrected chi connectivity index (χ2v) is 5.87. The first-order valence-electron chi connectivity index (χ1n) is 5.85. The Morgan fingerprint density at radius 1 is 1.19 bits per heavy atom. The smallest absolute Gasteiger partial charge is 0.137 e. The third-order valence-electron chi connectivity index (χ3n) is 2.97. The monoisotopic (exact) mass is 386 g/mol. The summed E-state index contributed by atoms with van der Waals surface area (Å²) in [7, 11) is 1.56. The fourth-order valence-corrected chi connectivity index (χ4v) is 2.96. The van der Waals surface area contributed by atoms with Crippen LogP contribution in [0.25, 0.3) is 16.7 Å². The third-order valence-corrected chi connectivity index (χ3v) is 4.38. The number of halogens is 3. The lowest BCUT2D eigenvalue weighted by molar-refractivity contribution is 0.415. The molecule has 0 aliphatic heterocycles. The standard InChI is InChI=1S/C13H9BrCl2N4O/c1-21-10-3-2-6(4-7(10)15)20-18-9-5-8(16)12(17)11(14)13(9)19-20/h2-5H,17H2,1H3. The van der Waals surface area contributed by atoms with E-state index in [9.17, 15) is 0 Å². The van der Waals surface area contributed by atoms with Crippen molar-refractivity contribution in [1.82, 2.24) is 15.0 Å². The van der Waals surface area contributed by atoms with Gasteiger partial charge in [0.05, 0.1) is 33.0 Å². The SMILES string of the molecule is COc1ccc(-n2nc3cc(Cl)c(N)c(Br)c3n2)cc1Cl. The molecule has 0 spiro atoms. The zero-order valence-electron chi connectivity index (χ0n) is 10.8. The Morgan fingerprint density at radius 3 is 2.62 bits per heavy atom. The molecule has 2 aromatic carbocycles. The van der Waals surface area contributed by atoms with Crippen molar-refractivity contribution in [2.24, 2.45) is 0 Å². The van der Waals surface area contributed by atoms with Crippen LogP contribution in [0.5, 0.6) is 5.75 Å². The summed E-state index contributed by atoms with van der Waals surface area (Å²) in [5, 5.41) is 9.68. The second kappa shape index (κ2) is 5.36. The molecule has 1 heterocycles. The maximum absolute atomic E-state index is 6.12. The average Bonchev–Trinajstić information content (AvgIpc) is 2.89. The minimum atomic E-state index is 0.425. The lowest BCUT2D eigenvalue weighted by Crippen LogP contribution is -1.98. The number of hydrogen-bond donors (Lipinski definition) is 1. The first-order valence-corrected chi connectivity index (χ1v) is 7.40. The van der Waals surface area contributed by atoms with E-state index in [1.165, 1.54) is 4.80 Å². The lowest BCUT2D eigenvalue weighted by Gasteiger charge is -2.04. The topological polar surface area (TPSA) is 66.0 Å². The Balaban J connectivity index is 2.17. The van der Waals surface area contributed by atoms with Crippen LogP contribution in [0, 0.1) is 0 Å². The zero-order valence-corrected chi connectivity index (χ0v) is 13.9. The average molecular weight is 388 g/mol. The second-order valence-electron chi connectivity index (χ2n) is 4.26. The van der Waals surface area contributed by atoms with E-state index in [2.05, 4.69) is 26.1 Å². The highest BCUT2D eigenvalue weighted by Gasteiger charge is 2.14. The molecule has 0 fully saturated rings. The maximum Gasteiger partial charge on any atom is 0.137 e. The van der Waals surface area contributed by atoms with E-state index in [1.54, 1.807) is 25.3 Å². The van der Waals surface area contributed by atoms with E-state index in [0.717, 1.165) is 0 Å². The summed E-state index contributed by atoms with van der Waals surface area (Å²) in [6.45, 7) is 0.